The van der Waals surface area contributed by atoms with Crippen LogP contribution in [0.2, 0.25) is 0 Å². The van der Waals surface area contributed by atoms with Gasteiger partial charge in [-0.15, -0.1) is 0 Å². The fourth-order valence-electron chi connectivity index (χ4n) is 2.88. The first-order valence-corrected chi connectivity index (χ1v) is 8.95. The molecule has 1 aliphatic carbocycles. The molecule has 0 bridgehead atoms. The number of ether oxygens (including phenoxy) is 1. The first kappa shape index (κ1) is 16.0. The highest BCUT2D eigenvalue weighted by Crippen LogP contribution is 2.50. The van der Waals surface area contributed by atoms with E-state index in [0.29, 0.717) is 4.90 Å². The first-order chi connectivity index (χ1) is 9.93. The van der Waals surface area contributed by atoms with E-state index in [9.17, 15) is 13.2 Å². The molecule has 3 atom stereocenters. The van der Waals surface area contributed by atoms with Crippen molar-refractivity contribution < 1.29 is 17.9 Å². The maximum absolute atomic E-state index is 12.7. The summed E-state index contributed by atoms with van der Waals surface area (Å²) in [5, 5.41) is -0.626. The average molecular weight is 310 g/mol. The minimum Gasteiger partial charge on any atom is -0.466 e. The maximum Gasteiger partial charge on any atom is 0.310 e. The van der Waals surface area contributed by atoms with Gasteiger partial charge in [0.15, 0.2) is 9.84 Å². The topological polar surface area (TPSA) is 60.4 Å². The van der Waals surface area contributed by atoms with E-state index in [-0.39, 0.29) is 18.5 Å². The zero-order chi connectivity index (χ0) is 15.6. The highest BCUT2D eigenvalue weighted by atomic mass is 32.2. The Morgan fingerprint density at radius 1 is 1.19 bits per heavy atom. The van der Waals surface area contributed by atoms with E-state index in [1.54, 1.807) is 31.2 Å². The number of rotatable bonds is 6. The van der Waals surface area contributed by atoms with Gasteiger partial charge in [0.05, 0.1) is 22.7 Å². The molecule has 2 rings (SSSR count). The first-order valence-electron chi connectivity index (χ1n) is 7.40. The van der Waals surface area contributed by atoms with Crippen molar-refractivity contribution in [3.8, 4) is 0 Å². The van der Waals surface area contributed by atoms with Crippen molar-refractivity contribution in [3.63, 3.8) is 0 Å². The molecule has 0 saturated heterocycles. The van der Waals surface area contributed by atoms with E-state index in [2.05, 4.69) is 0 Å². The lowest BCUT2D eigenvalue weighted by atomic mass is 10.2. The number of hydrogen-bond donors (Lipinski definition) is 0. The van der Waals surface area contributed by atoms with Gasteiger partial charge in [-0.3, -0.25) is 4.79 Å². The zero-order valence-electron chi connectivity index (χ0n) is 12.7. The largest absolute Gasteiger partial charge is 0.466 e. The fourth-order valence-corrected chi connectivity index (χ4v) is 5.08. The van der Waals surface area contributed by atoms with Crippen LogP contribution in [0.4, 0.5) is 0 Å². The molecule has 0 aliphatic heterocycles. The summed E-state index contributed by atoms with van der Waals surface area (Å²) in [6.45, 7) is 5.93. The van der Waals surface area contributed by atoms with Gasteiger partial charge in [-0.2, -0.15) is 0 Å². The van der Waals surface area contributed by atoms with Gasteiger partial charge in [-0.1, -0.05) is 31.0 Å². The van der Waals surface area contributed by atoms with E-state index in [4.69, 9.17) is 4.74 Å². The molecule has 0 heterocycles. The molecule has 1 aromatic rings. The third-order valence-corrected chi connectivity index (χ3v) is 6.27. The third-order valence-electron chi connectivity index (χ3n) is 3.98. The molecule has 1 fully saturated rings. The van der Waals surface area contributed by atoms with Crippen molar-refractivity contribution in [3.05, 3.63) is 29.8 Å². The number of esters is 1. The highest BCUT2D eigenvalue weighted by molar-refractivity contribution is 7.92. The van der Waals surface area contributed by atoms with E-state index in [1.807, 2.05) is 13.8 Å². The molecule has 0 N–H and O–H groups in total. The lowest BCUT2D eigenvalue weighted by Crippen LogP contribution is -2.15. The molecule has 1 aromatic carbocycles. The Labute approximate surface area is 126 Å². The van der Waals surface area contributed by atoms with Crippen LogP contribution in [-0.4, -0.2) is 26.2 Å². The number of sulfone groups is 1. The summed E-state index contributed by atoms with van der Waals surface area (Å²) < 4.78 is 30.4. The van der Waals surface area contributed by atoms with Crippen LogP contribution in [0, 0.1) is 18.8 Å². The SMILES string of the molecule is CCC[C@H]1[C@H](C(=O)OCC)[C@@H]1S(=O)(=O)c1ccc(C)cc1. The Morgan fingerprint density at radius 3 is 2.33 bits per heavy atom. The lowest BCUT2D eigenvalue weighted by Gasteiger charge is -2.04. The van der Waals surface area contributed by atoms with Gasteiger partial charge in [0, 0.05) is 0 Å². The van der Waals surface area contributed by atoms with Gasteiger partial charge >= 0.3 is 5.97 Å². The smallest absolute Gasteiger partial charge is 0.310 e. The van der Waals surface area contributed by atoms with Crippen LogP contribution in [-0.2, 0) is 19.4 Å². The Balaban J connectivity index is 2.26. The molecular formula is C16H22O4S. The van der Waals surface area contributed by atoms with Crippen molar-refractivity contribution >= 4 is 15.8 Å². The second kappa shape index (κ2) is 6.18. The number of carbonyl (C=O) groups excluding carboxylic acids is 1. The number of benzene rings is 1. The molecule has 1 saturated carbocycles. The summed E-state index contributed by atoms with van der Waals surface area (Å²) in [5.41, 5.74) is 1.01. The van der Waals surface area contributed by atoms with Gasteiger partial charge in [-0.25, -0.2) is 8.42 Å². The summed E-state index contributed by atoms with van der Waals surface area (Å²) >= 11 is 0. The van der Waals surface area contributed by atoms with Crippen LogP contribution in [0.25, 0.3) is 0 Å². The van der Waals surface area contributed by atoms with Crippen molar-refractivity contribution in [2.45, 2.75) is 43.8 Å². The van der Waals surface area contributed by atoms with E-state index < -0.39 is 21.0 Å². The Morgan fingerprint density at radius 2 is 1.81 bits per heavy atom. The quantitative estimate of drug-likeness (QED) is 0.758. The predicted octanol–water partition coefficient (Wildman–Crippen LogP) is 2.75. The zero-order valence-corrected chi connectivity index (χ0v) is 13.5. The lowest BCUT2D eigenvalue weighted by molar-refractivity contribution is -0.145. The molecule has 0 amide bonds. The van der Waals surface area contributed by atoms with Crippen LogP contribution in [0.5, 0.6) is 0 Å². The van der Waals surface area contributed by atoms with Crippen LogP contribution < -0.4 is 0 Å². The van der Waals surface area contributed by atoms with Gasteiger partial charge in [0.25, 0.3) is 0 Å². The summed E-state index contributed by atoms with van der Waals surface area (Å²) in [6, 6.07) is 6.80. The molecule has 116 valence electrons. The minimum absolute atomic E-state index is 0.111. The standard InChI is InChI=1S/C16H22O4S/c1-4-6-13-14(16(17)20-5-2)15(13)21(18,19)12-9-7-11(3)8-10-12/h7-10,13-15H,4-6H2,1-3H3/t13-,14-,15+/m0/s1. The minimum atomic E-state index is -3.47. The molecule has 21 heavy (non-hydrogen) atoms. The monoisotopic (exact) mass is 310 g/mol. The summed E-state index contributed by atoms with van der Waals surface area (Å²) in [4.78, 5) is 12.2. The number of hydrogen-bond acceptors (Lipinski definition) is 4. The summed E-state index contributed by atoms with van der Waals surface area (Å²) in [6.07, 6.45) is 1.60. The van der Waals surface area contributed by atoms with E-state index in [1.165, 1.54) is 0 Å². The van der Waals surface area contributed by atoms with Crippen molar-refractivity contribution in [1.29, 1.82) is 0 Å². The predicted molar refractivity (Wildman–Crippen MR) is 80.7 cm³/mol. The van der Waals surface area contributed by atoms with E-state index >= 15 is 0 Å². The maximum atomic E-state index is 12.7. The molecule has 4 nitrogen and oxygen atoms in total. The van der Waals surface area contributed by atoms with Crippen molar-refractivity contribution in [2.75, 3.05) is 6.61 Å². The molecule has 0 unspecified atom stereocenters. The summed E-state index contributed by atoms with van der Waals surface area (Å²) in [7, 11) is -3.47. The van der Waals surface area contributed by atoms with Crippen LogP contribution >= 0.6 is 0 Å². The molecule has 0 radical (unpaired) electrons. The van der Waals surface area contributed by atoms with Crippen LogP contribution in [0.1, 0.15) is 32.3 Å². The number of carbonyl (C=O) groups is 1. The Kier molecular flexibility index (Phi) is 4.71. The van der Waals surface area contributed by atoms with Crippen molar-refractivity contribution in [2.24, 2.45) is 11.8 Å². The van der Waals surface area contributed by atoms with Crippen LogP contribution in [0.15, 0.2) is 29.2 Å². The molecule has 0 spiro atoms. The second-order valence-corrected chi connectivity index (χ2v) is 7.66. The van der Waals surface area contributed by atoms with Gasteiger partial charge in [-0.05, 0) is 38.3 Å². The molecule has 1 aliphatic rings. The van der Waals surface area contributed by atoms with E-state index in [0.717, 1.165) is 18.4 Å². The van der Waals surface area contributed by atoms with Gasteiger partial charge in [0.1, 0.15) is 0 Å². The fraction of sp³-hybridized carbons (Fsp3) is 0.562. The highest BCUT2D eigenvalue weighted by Gasteiger charge is 2.62. The molecule has 0 aromatic heterocycles. The van der Waals surface area contributed by atoms with Gasteiger partial charge < -0.3 is 4.74 Å². The summed E-state index contributed by atoms with van der Waals surface area (Å²) in [5.74, 6) is -0.992. The van der Waals surface area contributed by atoms with Crippen LogP contribution in [0.3, 0.4) is 0 Å². The molecular weight excluding hydrogens is 288 g/mol. The number of aryl methyl sites for hydroxylation is 1. The molecule has 5 heteroatoms. The third kappa shape index (κ3) is 3.12. The normalized spacial score (nSPS) is 24.6. The Hall–Kier alpha value is -1.36. The van der Waals surface area contributed by atoms with Crippen molar-refractivity contribution in [1.82, 2.24) is 0 Å². The van der Waals surface area contributed by atoms with Gasteiger partial charge in [0.2, 0.25) is 0 Å². The second-order valence-electron chi connectivity index (χ2n) is 5.55. The average Bonchev–Trinajstić information content (AvgIpc) is 3.15. The Bertz CT molecular complexity index is 604.